The second kappa shape index (κ2) is 8.62. The number of benzene rings is 1. The Morgan fingerprint density at radius 2 is 2.00 bits per heavy atom. The number of hydrogen-bond donors (Lipinski definition) is 2. The second-order valence-corrected chi connectivity index (χ2v) is 6.30. The van der Waals surface area contributed by atoms with Gasteiger partial charge in [-0.25, -0.2) is 0 Å². The Morgan fingerprint density at radius 3 is 2.60 bits per heavy atom. The van der Waals surface area contributed by atoms with Gasteiger partial charge in [-0.05, 0) is 12.5 Å². The van der Waals surface area contributed by atoms with Crippen molar-refractivity contribution in [2.24, 2.45) is 0 Å². The second-order valence-electron chi connectivity index (χ2n) is 6.30. The molecule has 1 aromatic carbocycles. The van der Waals surface area contributed by atoms with Gasteiger partial charge >= 0.3 is 5.97 Å². The van der Waals surface area contributed by atoms with Gasteiger partial charge in [-0.3, -0.25) is 14.4 Å². The third-order valence-corrected chi connectivity index (χ3v) is 4.13. The van der Waals surface area contributed by atoms with Crippen LogP contribution < -0.4 is 5.32 Å². The van der Waals surface area contributed by atoms with Crippen molar-refractivity contribution >= 4 is 17.8 Å². The van der Waals surface area contributed by atoms with E-state index in [0.717, 1.165) is 11.1 Å². The summed E-state index contributed by atoms with van der Waals surface area (Å²) >= 11 is 0. The maximum absolute atomic E-state index is 12.6. The summed E-state index contributed by atoms with van der Waals surface area (Å²) in [6.07, 6.45) is -0.493. The molecule has 0 radical (unpaired) electrons. The number of carboxylic acids is 1. The molecule has 7 heteroatoms. The number of nitrogens with one attached hydrogen (secondary N) is 1. The van der Waals surface area contributed by atoms with Crippen molar-refractivity contribution in [3.63, 3.8) is 0 Å². The highest BCUT2D eigenvalue weighted by Crippen LogP contribution is 2.20. The van der Waals surface area contributed by atoms with Gasteiger partial charge in [0.25, 0.3) is 0 Å². The monoisotopic (exact) mass is 348 g/mol. The molecule has 0 bridgehead atoms. The molecule has 2 amide bonds. The van der Waals surface area contributed by atoms with Gasteiger partial charge in [-0.2, -0.15) is 0 Å². The number of rotatable bonds is 6. The number of carbonyl (C=O) groups excluding carboxylic acids is 2. The van der Waals surface area contributed by atoms with E-state index in [1.807, 2.05) is 31.2 Å². The van der Waals surface area contributed by atoms with Crippen molar-refractivity contribution in [3.05, 3.63) is 35.4 Å². The normalized spacial score (nSPS) is 18.5. The zero-order chi connectivity index (χ0) is 18.4. The third kappa shape index (κ3) is 5.86. The van der Waals surface area contributed by atoms with Crippen molar-refractivity contribution in [3.8, 4) is 0 Å². The van der Waals surface area contributed by atoms with Crippen LogP contribution in [0, 0.1) is 6.92 Å². The van der Waals surface area contributed by atoms with Crippen LogP contribution in [-0.2, 0) is 19.1 Å². The molecule has 2 N–H and O–H groups in total. The fourth-order valence-electron chi connectivity index (χ4n) is 2.86. The summed E-state index contributed by atoms with van der Waals surface area (Å²) in [5, 5.41) is 11.7. The molecule has 0 aliphatic carbocycles. The largest absolute Gasteiger partial charge is 0.481 e. The molecule has 0 unspecified atom stereocenters. The maximum Gasteiger partial charge on any atom is 0.306 e. The van der Waals surface area contributed by atoms with E-state index >= 15 is 0 Å². The quantitative estimate of drug-likeness (QED) is 0.807. The smallest absolute Gasteiger partial charge is 0.306 e. The molecule has 1 fully saturated rings. The molecule has 0 saturated carbocycles. The van der Waals surface area contributed by atoms with Crippen molar-refractivity contribution in [1.29, 1.82) is 0 Å². The predicted octanol–water partition coefficient (Wildman–Crippen LogP) is 1.26. The topological polar surface area (TPSA) is 95.9 Å². The van der Waals surface area contributed by atoms with E-state index in [9.17, 15) is 14.4 Å². The molecule has 2 rings (SSSR count). The lowest BCUT2D eigenvalue weighted by Gasteiger charge is -2.33. The molecule has 1 saturated heterocycles. The first-order valence-electron chi connectivity index (χ1n) is 8.30. The predicted molar refractivity (Wildman–Crippen MR) is 90.9 cm³/mol. The fraction of sp³-hybridized carbons (Fsp3) is 0.500. The Balaban J connectivity index is 2.04. The van der Waals surface area contributed by atoms with Crippen LogP contribution in [0.25, 0.3) is 0 Å². The van der Waals surface area contributed by atoms with Crippen LogP contribution >= 0.6 is 0 Å². The SMILES string of the molecule is CC(=O)N[C@H](CC(=O)N1CCO[C@@H](CC(=O)O)C1)c1ccc(C)cc1. The molecule has 1 heterocycles. The first-order valence-corrected chi connectivity index (χ1v) is 8.30. The van der Waals surface area contributed by atoms with Crippen LogP contribution in [0.4, 0.5) is 0 Å². The molecule has 0 spiro atoms. The number of nitrogens with zero attached hydrogens (tertiary/aromatic N) is 1. The summed E-state index contributed by atoms with van der Waals surface area (Å²) in [4.78, 5) is 36.6. The lowest BCUT2D eigenvalue weighted by molar-refractivity contribution is -0.148. The summed E-state index contributed by atoms with van der Waals surface area (Å²) in [5.74, 6) is -1.28. The number of carbonyl (C=O) groups is 3. The lowest BCUT2D eigenvalue weighted by Crippen LogP contribution is -2.47. The number of carboxylic acid groups (broad SMARTS) is 1. The Hall–Kier alpha value is -2.41. The van der Waals surface area contributed by atoms with E-state index < -0.39 is 18.1 Å². The van der Waals surface area contributed by atoms with Gasteiger partial charge in [0.05, 0.1) is 31.6 Å². The average molecular weight is 348 g/mol. The van der Waals surface area contributed by atoms with Crippen LogP contribution in [0.3, 0.4) is 0 Å². The summed E-state index contributed by atoms with van der Waals surface area (Å²) < 4.78 is 5.39. The van der Waals surface area contributed by atoms with E-state index in [0.29, 0.717) is 13.2 Å². The Labute approximate surface area is 147 Å². The molecule has 7 nitrogen and oxygen atoms in total. The number of ether oxygens (including phenoxy) is 1. The minimum Gasteiger partial charge on any atom is -0.481 e. The van der Waals surface area contributed by atoms with Crippen LogP contribution in [0.15, 0.2) is 24.3 Å². The number of morpholine rings is 1. The van der Waals surface area contributed by atoms with Gasteiger partial charge in [0, 0.05) is 20.0 Å². The van der Waals surface area contributed by atoms with Crippen molar-refractivity contribution < 1.29 is 24.2 Å². The van der Waals surface area contributed by atoms with Gasteiger partial charge in [0.1, 0.15) is 0 Å². The molecule has 25 heavy (non-hydrogen) atoms. The Kier molecular flexibility index (Phi) is 6.52. The molecule has 0 aromatic heterocycles. The highest BCUT2D eigenvalue weighted by atomic mass is 16.5. The van der Waals surface area contributed by atoms with Crippen molar-refractivity contribution in [1.82, 2.24) is 10.2 Å². The molecular formula is C18H24N2O5. The standard InChI is InChI=1S/C18H24N2O5/c1-12-3-5-14(6-4-12)16(19-13(2)21)10-17(22)20-7-8-25-15(11-20)9-18(23)24/h3-6,15-16H,7-11H2,1-2H3,(H,19,21)(H,23,24)/t15-,16+/m0/s1. The highest BCUT2D eigenvalue weighted by molar-refractivity contribution is 5.79. The maximum atomic E-state index is 12.6. The number of hydrogen-bond acceptors (Lipinski definition) is 4. The number of aliphatic carboxylic acids is 1. The first kappa shape index (κ1) is 18.9. The van der Waals surface area contributed by atoms with Crippen LogP contribution in [0.1, 0.15) is 36.9 Å². The van der Waals surface area contributed by atoms with Crippen LogP contribution in [0.5, 0.6) is 0 Å². The molecular weight excluding hydrogens is 324 g/mol. The van der Waals surface area contributed by atoms with Gasteiger partial charge < -0.3 is 20.1 Å². The van der Waals surface area contributed by atoms with E-state index in [1.165, 1.54) is 6.92 Å². The Morgan fingerprint density at radius 1 is 1.32 bits per heavy atom. The van der Waals surface area contributed by atoms with E-state index in [4.69, 9.17) is 9.84 Å². The van der Waals surface area contributed by atoms with Gasteiger partial charge in [0.15, 0.2) is 0 Å². The zero-order valence-electron chi connectivity index (χ0n) is 14.5. The molecule has 136 valence electrons. The summed E-state index contributed by atoms with van der Waals surface area (Å²) in [6.45, 7) is 4.39. The minimum atomic E-state index is -0.949. The summed E-state index contributed by atoms with van der Waals surface area (Å²) in [5.41, 5.74) is 1.96. The van der Waals surface area contributed by atoms with Crippen LogP contribution in [-0.4, -0.2) is 53.6 Å². The van der Waals surface area contributed by atoms with Crippen molar-refractivity contribution in [2.45, 2.75) is 38.8 Å². The number of aryl methyl sites for hydroxylation is 1. The zero-order valence-corrected chi connectivity index (χ0v) is 14.5. The molecule has 2 atom stereocenters. The highest BCUT2D eigenvalue weighted by Gasteiger charge is 2.28. The molecule has 1 aliphatic rings. The van der Waals surface area contributed by atoms with Gasteiger partial charge in [-0.15, -0.1) is 0 Å². The summed E-state index contributed by atoms with van der Waals surface area (Å²) in [6, 6.07) is 7.26. The fourth-order valence-corrected chi connectivity index (χ4v) is 2.86. The van der Waals surface area contributed by atoms with Gasteiger partial charge in [-0.1, -0.05) is 29.8 Å². The van der Waals surface area contributed by atoms with E-state index in [1.54, 1.807) is 4.90 Å². The first-order chi connectivity index (χ1) is 11.8. The molecule has 1 aromatic rings. The third-order valence-electron chi connectivity index (χ3n) is 4.13. The Bertz CT molecular complexity index is 629. The van der Waals surface area contributed by atoms with Gasteiger partial charge in [0.2, 0.25) is 11.8 Å². The molecule has 1 aliphatic heterocycles. The average Bonchev–Trinajstić information content (AvgIpc) is 2.54. The lowest BCUT2D eigenvalue weighted by atomic mass is 10.0. The number of amides is 2. The van der Waals surface area contributed by atoms with E-state index in [-0.39, 0.29) is 31.2 Å². The van der Waals surface area contributed by atoms with E-state index in [2.05, 4.69) is 5.32 Å². The minimum absolute atomic E-state index is 0.127. The van der Waals surface area contributed by atoms with Crippen molar-refractivity contribution in [2.75, 3.05) is 19.7 Å². The van der Waals surface area contributed by atoms with Crippen LogP contribution in [0.2, 0.25) is 0 Å². The summed E-state index contributed by atoms with van der Waals surface area (Å²) in [7, 11) is 0.